The number of aryl methyl sites for hydroxylation is 1. The number of nitrogens with zero attached hydrogens (tertiary/aromatic N) is 4. The van der Waals surface area contributed by atoms with Crippen molar-refractivity contribution in [2.45, 2.75) is 63.6 Å². The molecule has 1 aromatic heterocycles. The third-order valence-corrected chi connectivity index (χ3v) is 8.28. The molecule has 2 bridgehead atoms. The van der Waals surface area contributed by atoms with Gasteiger partial charge in [-0.3, -0.25) is 19.1 Å². The molecule has 6 rings (SSSR count). The average molecular weight is 433 g/mol. The molecular weight excluding hydrogens is 400 g/mol. The van der Waals surface area contributed by atoms with Crippen molar-refractivity contribution in [3.63, 3.8) is 0 Å². The minimum absolute atomic E-state index is 0.0634. The summed E-state index contributed by atoms with van der Waals surface area (Å²) in [6, 6.07) is 8.39. The lowest BCUT2D eigenvalue weighted by Crippen LogP contribution is -2.60. The largest absolute Gasteiger partial charge is 0.336 e. The highest BCUT2D eigenvalue weighted by Gasteiger charge is 2.46. The lowest BCUT2D eigenvalue weighted by molar-refractivity contribution is -0.136. The quantitative estimate of drug-likeness (QED) is 0.699. The first kappa shape index (κ1) is 20.2. The van der Waals surface area contributed by atoms with Crippen LogP contribution in [0, 0.1) is 11.8 Å². The van der Waals surface area contributed by atoms with Crippen molar-refractivity contribution >= 4 is 16.8 Å². The Morgan fingerprint density at radius 2 is 2.03 bits per heavy atom. The van der Waals surface area contributed by atoms with Gasteiger partial charge in [-0.25, -0.2) is 4.98 Å². The van der Waals surface area contributed by atoms with Crippen LogP contribution in [-0.2, 0) is 11.3 Å². The van der Waals surface area contributed by atoms with Crippen LogP contribution in [0.5, 0.6) is 0 Å². The summed E-state index contributed by atoms with van der Waals surface area (Å²) in [5.74, 6) is 1.42. The number of rotatable bonds is 3. The van der Waals surface area contributed by atoms with Gasteiger partial charge in [-0.1, -0.05) is 30.2 Å². The van der Waals surface area contributed by atoms with E-state index in [4.69, 9.17) is 0 Å². The Labute approximate surface area is 188 Å². The number of aromatic nitrogens is 2. The van der Waals surface area contributed by atoms with Crippen molar-refractivity contribution in [3.05, 3.63) is 52.6 Å². The number of benzene rings is 1. The molecule has 0 N–H and O–H groups in total. The molecule has 3 unspecified atom stereocenters. The number of para-hydroxylation sites is 1. The molecule has 0 radical (unpaired) electrons. The van der Waals surface area contributed by atoms with E-state index in [2.05, 4.69) is 20.9 Å². The molecule has 3 saturated heterocycles. The smallest absolute Gasteiger partial charge is 0.261 e. The zero-order valence-corrected chi connectivity index (χ0v) is 18.7. The Morgan fingerprint density at radius 3 is 2.97 bits per heavy atom. The number of fused-ring (bicyclic) bond motifs is 7. The molecule has 0 saturated carbocycles. The average Bonchev–Trinajstić information content (AvgIpc) is 2.83. The van der Waals surface area contributed by atoms with Gasteiger partial charge in [-0.05, 0) is 62.6 Å². The molecule has 3 fully saturated rings. The second-order valence-electron chi connectivity index (χ2n) is 10.1. The van der Waals surface area contributed by atoms with Gasteiger partial charge in [0.15, 0.2) is 0 Å². The first-order chi connectivity index (χ1) is 15.7. The standard InChI is InChI=1S/C26H32N4O2/c31-24(10-13-29-17-27-22-8-2-1-7-21(22)26(29)32)30-12-5-6-18-14-19-15-20(25(18)30)16-28-11-4-3-9-23(19)28/h1-2,7-8,14,17,19-20,23,25H,3-6,9-13,15-16H2/t19-,20?,23?,25?/m0/s1. The van der Waals surface area contributed by atoms with Crippen LogP contribution in [0.2, 0.25) is 0 Å². The summed E-state index contributed by atoms with van der Waals surface area (Å²) in [7, 11) is 0. The maximum Gasteiger partial charge on any atom is 0.261 e. The number of hydrogen-bond acceptors (Lipinski definition) is 4. The predicted molar refractivity (Wildman–Crippen MR) is 124 cm³/mol. The van der Waals surface area contributed by atoms with Gasteiger partial charge in [0.25, 0.3) is 5.56 Å². The molecule has 168 valence electrons. The van der Waals surface area contributed by atoms with Gasteiger partial charge in [0.1, 0.15) is 0 Å². The first-order valence-electron chi connectivity index (χ1n) is 12.4. The van der Waals surface area contributed by atoms with E-state index in [0.29, 0.717) is 35.7 Å². The highest BCUT2D eigenvalue weighted by atomic mass is 16.2. The Bertz CT molecular complexity index is 1120. The number of carbonyl (C=O) groups excluding carboxylic acids is 1. The maximum absolute atomic E-state index is 13.4. The van der Waals surface area contributed by atoms with Crippen molar-refractivity contribution in [1.82, 2.24) is 19.4 Å². The molecule has 2 aromatic rings. The number of amides is 1. The van der Waals surface area contributed by atoms with Gasteiger partial charge in [0, 0.05) is 32.1 Å². The Hall–Kier alpha value is -2.47. The molecule has 4 aliphatic rings. The second kappa shape index (κ2) is 8.14. The Balaban J connectivity index is 1.20. The zero-order valence-electron chi connectivity index (χ0n) is 18.7. The van der Waals surface area contributed by atoms with Crippen LogP contribution in [0.1, 0.15) is 44.9 Å². The Morgan fingerprint density at radius 1 is 1.12 bits per heavy atom. The summed E-state index contributed by atoms with van der Waals surface area (Å²) in [5.41, 5.74) is 2.16. The molecule has 4 atom stereocenters. The van der Waals surface area contributed by atoms with E-state index < -0.39 is 0 Å². The molecule has 1 aliphatic carbocycles. The molecule has 0 spiro atoms. The third-order valence-electron chi connectivity index (χ3n) is 8.28. The highest BCUT2D eigenvalue weighted by molar-refractivity contribution is 5.78. The van der Waals surface area contributed by atoms with Crippen molar-refractivity contribution in [3.8, 4) is 0 Å². The summed E-state index contributed by atoms with van der Waals surface area (Å²) in [5, 5.41) is 0.613. The lowest BCUT2D eigenvalue weighted by atomic mass is 9.68. The summed E-state index contributed by atoms with van der Waals surface area (Å²) in [6.07, 6.45) is 11.9. The number of likely N-dealkylation sites (tertiary alicyclic amines) is 1. The molecule has 6 heteroatoms. The van der Waals surface area contributed by atoms with E-state index in [9.17, 15) is 9.59 Å². The van der Waals surface area contributed by atoms with Gasteiger partial charge < -0.3 is 4.90 Å². The zero-order chi connectivity index (χ0) is 21.7. The highest BCUT2D eigenvalue weighted by Crippen LogP contribution is 2.45. The minimum Gasteiger partial charge on any atom is -0.336 e. The minimum atomic E-state index is -0.0634. The van der Waals surface area contributed by atoms with Crippen molar-refractivity contribution in [2.24, 2.45) is 11.8 Å². The van der Waals surface area contributed by atoms with Crippen LogP contribution in [0.4, 0.5) is 0 Å². The molecule has 32 heavy (non-hydrogen) atoms. The monoisotopic (exact) mass is 432 g/mol. The van der Waals surface area contributed by atoms with Gasteiger partial charge in [-0.15, -0.1) is 0 Å². The summed E-state index contributed by atoms with van der Waals surface area (Å²) >= 11 is 0. The van der Waals surface area contributed by atoms with Crippen LogP contribution >= 0.6 is 0 Å². The topological polar surface area (TPSA) is 58.4 Å². The summed E-state index contributed by atoms with van der Waals surface area (Å²) < 4.78 is 1.59. The summed E-state index contributed by atoms with van der Waals surface area (Å²) in [4.78, 5) is 35.5. The van der Waals surface area contributed by atoms with E-state index in [1.807, 2.05) is 18.2 Å². The molecule has 1 amide bonds. The van der Waals surface area contributed by atoms with E-state index in [0.717, 1.165) is 32.0 Å². The number of hydrogen-bond donors (Lipinski definition) is 0. The normalized spacial score (nSPS) is 29.9. The van der Waals surface area contributed by atoms with E-state index in [-0.39, 0.29) is 17.5 Å². The van der Waals surface area contributed by atoms with Crippen LogP contribution in [-0.4, -0.2) is 57.0 Å². The molecule has 4 heterocycles. The van der Waals surface area contributed by atoms with Crippen LogP contribution < -0.4 is 5.56 Å². The van der Waals surface area contributed by atoms with E-state index >= 15 is 0 Å². The van der Waals surface area contributed by atoms with Gasteiger partial charge in [-0.2, -0.15) is 0 Å². The molecule has 3 aliphatic heterocycles. The second-order valence-corrected chi connectivity index (χ2v) is 10.1. The molecule has 1 aromatic carbocycles. The lowest BCUT2D eigenvalue weighted by Gasteiger charge is -2.54. The SMILES string of the molecule is O=C(CCn1cnc2ccccc2c1=O)N1CCCC2=C[C@H]3CC(CN4CCCCC34)C21. The predicted octanol–water partition coefficient (Wildman–Crippen LogP) is 3.21. The fourth-order valence-electron chi connectivity index (χ4n) is 6.88. The van der Waals surface area contributed by atoms with Crippen molar-refractivity contribution in [1.29, 1.82) is 0 Å². The van der Waals surface area contributed by atoms with Crippen molar-refractivity contribution < 1.29 is 4.79 Å². The fraction of sp³-hybridized carbons (Fsp3) is 0.577. The van der Waals surface area contributed by atoms with Gasteiger partial charge >= 0.3 is 0 Å². The van der Waals surface area contributed by atoms with Crippen LogP contribution in [0.25, 0.3) is 10.9 Å². The fourth-order valence-corrected chi connectivity index (χ4v) is 6.88. The third kappa shape index (κ3) is 3.40. The van der Waals surface area contributed by atoms with Crippen molar-refractivity contribution in [2.75, 3.05) is 19.6 Å². The Kier molecular flexibility index (Phi) is 5.13. The number of carbonyl (C=O) groups is 1. The van der Waals surface area contributed by atoms with E-state index in [1.165, 1.54) is 37.8 Å². The molecule has 6 nitrogen and oxygen atoms in total. The number of piperidine rings is 3. The maximum atomic E-state index is 13.4. The first-order valence-corrected chi connectivity index (χ1v) is 12.4. The summed E-state index contributed by atoms with van der Waals surface area (Å²) in [6.45, 7) is 3.59. The van der Waals surface area contributed by atoms with E-state index in [1.54, 1.807) is 17.0 Å². The molecular formula is C26H32N4O2. The van der Waals surface area contributed by atoms with Gasteiger partial charge in [0.2, 0.25) is 5.91 Å². The van der Waals surface area contributed by atoms with Crippen LogP contribution in [0.15, 0.2) is 47.0 Å². The van der Waals surface area contributed by atoms with Crippen LogP contribution in [0.3, 0.4) is 0 Å². The van der Waals surface area contributed by atoms with Gasteiger partial charge in [0.05, 0.1) is 23.3 Å².